The largest absolute Gasteiger partial charge is 0.465 e. The molecule has 5 nitrogen and oxygen atoms in total. The number of rotatable bonds is 3. The van der Waals surface area contributed by atoms with Crippen LogP contribution < -0.4 is 16.0 Å². The number of ether oxygens (including phenoxy) is 1. The molecule has 0 saturated heterocycles. The molecule has 3 N–H and O–H groups in total. The molecule has 0 radical (unpaired) electrons. The lowest BCUT2D eigenvalue weighted by Crippen LogP contribution is -2.31. The molecule has 1 aromatic rings. The van der Waals surface area contributed by atoms with Gasteiger partial charge in [0.05, 0.1) is 0 Å². The number of nitrogens with one attached hydrogen (secondary N) is 1. The van der Waals surface area contributed by atoms with Crippen LogP contribution in [0.4, 0.5) is 32.2 Å². The first kappa shape index (κ1) is 15.3. The van der Waals surface area contributed by atoms with Crippen LogP contribution in [-0.2, 0) is 6.18 Å². The summed E-state index contributed by atoms with van der Waals surface area (Å²) < 4.78 is 78.1. The number of alkyl halides is 6. The van der Waals surface area contributed by atoms with Crippen LogP contribution in [0.15, 0.2) is 6.07 Å². The monoisotopic (exact) mass is 290 g/mol. The molecular weight excluding hydrogens is 282 g/mol. The van der Waals surface area contributed by atoms with Crippen LogP contribution in [0, 0.1) is 0 Å². The van der Waals surface area contributed by atoms with Crippen molar-refractivity contribution in [1.82, 2.24) is 9.97 Å². The molecule has 1 heterocycles. The van der Waals surface area contributed by atoms with E-state index in [9.17, 15) is 26.3 Å². The highest BCUT2D eigenvalue weighted by Gasteiger charge is 2.40. The number of halogens is 6. The summed E-state index contributed by atoms with van der Waals surface area (Å²) in [5.41, 5.74) is 1.78. The van der Waals surface area contributed by atoms with E-state index in [1.54, 1.807) is 5.43 Å². The van der Waals surface area contributed by atoms with E-state index in [-0.39, 0.29) is 0 Å². The van der Waals surface area contributed by atoms with E-state index < -0.39 is 36.0 Å². The van der Waals surface area contributed by atoms with Crippen molar-refractivity contribution in [2.45, 2.75) is 25.4 Å². The second-order valence-corrected chi connectivity index (χ2v) is 3.36. The summed E-state index contributed by atoms with van der Waals surface area (Å²) in [7, 11) is 0. The van der Waals surface area contributed by atoms with E-state index >= 15 is 0 Å². The second-order valence-electron chi connectivity index (χ2n) is 3.36. The number of nitrogens with two attached hydrogens (primary N) is 1. The van der Waals surface area contributed by atoms with Gasteiger partial charge in [0.2, 0.25) is 11.7 Å². The van der Waals surface area contributed by atoms with E-state index in [1.165, 1.54) is 0 Å². The molecule has 1 aromatic heterocycles. The van der Waals surface area contributed by atoms with E-state index in [1.807, 2.05) is 0 Å². The van der Waals surface area contributed by atoms with Gasteiger partial charge in [0.1, 0.15) is 5.82 Å². The lowest BCUT2D eigenvalue weighted by Gasteiger charge is -2.18. The number of nitrogens with zero attached hydrogens (tertiary/aromatic N) is 2. The Balaban J connectivity index is 3.08. The van der Waals surface area contributed by atoms with Crippen LogP contribution in [-0.4, -0.2) is 22.2 Å². The third-order valence-corrected chi connectivity index (χ3v) is 1.86. The van der Waals surface area contributed by atoms with Crippen molar-refractivity contribution in [2.24, 2.45) is 5.84 Å². The predicted octanol–water partition coefficient (Wildman–Crippen LogP) is 2.11. The van der Waals surface area contributed by atoms with Crippen LogP contribution in [0.5, 0.6) is 5.88 Å². The molecule has 0 amide bonds. The first-order chi connectivity index (χ1) is 8.54. The van der Waals surface area contributed by atoms with E-state index in [0.29, 0.717) is 6.92 Å². The molecule has 0 spiro atoms. The van der Waals surface area contributed by atoms with Gasteiger partial charge < -0.3 is 10.2 Å². The molecule has 0 bridgehead atoms. The standard InChI is InChI=1S/C8H8F6N4O/c1-3(7(9,10)11)19-5-2-4(18-15)16-6(17-5)8(12,13)14/h2-3H,15H2,1H3,(H,16,17,18). The number of anilines is 1. The van der Waals surface area contributed by atoms with Gasteiger partial charge in [-0.05, 0) is 6.92 Å². The fraction of sp³-hybridized carbons (Fsp3) is 0.500. The fourth-order valence-electron chi connectivity index (χ4n) is 0.934. The minimum absolute atomic E-state index is 0.522. The highest BCUT2D eigenvalue weighted by Crippen LogP contribution is 2.30. The Labute approximate surface area is 102 Å². The fourth-order valence-corrected chi connectivity index (χ4v) is 0.934. The Kier molecular flexibility index (Phi) is 4.08. The summed E-state index contributed by atoms with van der Waals surface area (Å²) in [4.78, 5) is 5.81. The Hall–Kier alpha value is -1.78. The van der Waals surface area contributed by atoms with Gasteiger partial charge in [-0.15, -0.1) is 0 Å². The minimum atomic E-state index is -4.94. The van der Waals surface area contributed by atoms with Gasteiger partial charge in [-0.25, -0.2) is 10.8 Å². The Morgan fingerprint density at radius 3 is 2.21 bits per heavy atom. The summed E-state index contributed by atoms with van der Waals surface area (Å²) in [6, 6.07) is 0.720. The summed E-state index contributed by atoms with van der Waals surface area (Å²) in [6.07, 6.45) is -12.0. The zero-order chi connectivity index (χ0) is 14.8. The first-order valence-corrected chi connectivity index (χ1v) is 4.70. The maximum absolute atomic E-state index is 12.4. The van der Waals surface area contributed by atoms with Gasteiger partial charge >= 0.3 is 12.4 Å². The molecule has 0 fully saturated rings. The molecule has 0 aromatic carbocycles. The van der Waals surface area contributed by atoms with Crippen LogP contribution in [0.25, 0.3) is 0 Å². The van der Waals surface area contributed by atoms with Crippen LogP contribution in [0.2, 0.25) is 0 Å². The highest BCUT2D eigenvalue weighted by molar-refractivity contribution is 5.37. The zero-order valence-corrected chi connectivity index (χ0v) is 9.30. The van der Waals surface area contributed by atoms with Crippen molar-refractivity contribution in [3.05, 3.63) is 11.9 Å². The minimum Gasteiger partial charge on any atom is -0.465 e. The zero-order valence-electron chi connectivity index (χ0n) is 9.30. The number of nitrogen functional groups attached to an aromatic ring is 1. The van der Waals surface area contributed by atoms with E-state index in [0.717, 1.165) is 6.07 Å². The summed E-state index contributed by atoms with van der Waals surface area (Å²) >= 11 is 0. The number of hydrogen-bond acceptors (Lipinski definition) is 5. The third-order valence-electron chi connectivity index (χ3n) is 1.86. The summed E-state index contributed by atoms with van der Waals surface area (Å²) in [5, 5.41) is 0. The SMILES string of the molecule is CC(Oc1cc(NN)nc(C(F)(F)F)n1)C(F)(F)F. The maximum atomic E-state index is 12.4. The summed E-state index contributed by atoms with van der Waals surface area (Å²) in [6.45, 7) is 0.630. The molecule has 1 atom stereocenters. The molecule has 1 unspecified atom stereocenters. The van der Waals surface area contributed by atoms with Crippen LogP contribution >= 0.6 is 0 Å². The van der Waals surface area contributed by atoms with Crippen molar-refractivity contribution < 1.29 is 31.1 Å². The van der Waals surface area contributed by atoms with Crippen LogP contribution in [0.1, 0.15) is 12.7 Å². The van der Waals surface area contributed by atoms with E-state index in [4.69, 9.17) is 5.84 Å². The molecule has 0 aliphatic carbocycles. The molecule has 1 rings (SSSR count). The quantitative estimate of drug-likeness (QED) is 0.507. The summed E-state index contributed by atoms with van der Waals surface area (Å²) in [5.74, 6) is 1.79. The van der Waals surface area contributed by atoms with Gasteiger partial charge in [0.15, 0.2) is 6.10 Å². The van der Waals surface area contributed by atoms with Crippen molar-refractivity contribution >= 4 is 5.82 Å². The van der Waals surface area contributed by atoms with Gasteiger partial charge in [-0.1, -0.05) is 0 Å². The smallest absolute Gasteiger partial charge is 0.451 e. The number of hydrazine groups is 1. The number of aromatic nitrogens is 2. The lowest BCUT2D eigenvalue weighted by molar-refractivity contribution is -0.190. The van der Waals surface area contributed by atoms with Gasteiger partial charge in [-0.2, -0.15) is 31.3 Å². The van der Waals surface area contributed by atoms with Crippen molar-refractivity contribution in [2.75, 3.05) is 5.43 Å². The maximum Gasteiger partial charge on any atom is 0.451 e. The highest BCUT2D eigenvalue weighted by atomic mass is 19.4. The average Bonchev–Trinajstić information content (AvgIpc) is 2.26. The lowest BCUT2D eigenvalue weighted by atomic mass is 10.4. The average molecular weight is 290 g/mol. The Morgan fingerprint density at radius 1 is 1.21 bits per heavy atom. The second kappa shape index (κ2) is 5.07. The third kappa shape index (κ3) is 4.12. The number of hydrogen-bond donors (Lipinski definition) is 2. The molecule has 0 aliphatic rings. The van der Waals surface area contributed by atoms with Gasteiger partial charge in [0.25, 0.3) is 0 Å². The normalized spacial score (nSPS) is 14.1. The Bertz CT molecular complexity index is 446. The van der Waals surface area contributed by atoms with Crippen LogP contribution in [0.3, 0.4) is 0 Å². The Morgan fingerprint density at radius 2 is 1.79 bits per heavy atom. The first-order valence-electron chi connectivity index (χ1n) is 4.70. The molecular formula is C8H8F6N4O. The van der Waals surface area contributed by atoms with Crippen molar-refractivity contribution in [1.29, 1.82) is 0 Å². The predicted molar refractivity (Wildman–Crippen MR) is 51.0 cm³/mol. The molecule has 108 valence electrons. The van der Waals surface area contributed by atoms with Crippen molar-refractivity contribution in [3.8, 4) is 5.88 Å². The molecule has 11 heteroatoms. The topological polar surface area (TPSA) is 73.1 Å². The van der Waals surface area contributed by atoms with Gasteiger partial charge in [-0.3, -0.25) is 0 Å². The van der Waals surface area contributed by atoms with Crippen molar-refractivity contribution in [3.63, 3.8) is 0 Å². The molecule has 19 heavy (non-hydrogen) atoms. The van der Waals surface area contributed by atoms with E-state index in [2.05, 4.69) is 14.7 Å². The molecule has 0 aliphatic heterocycles. The molecule has 0 saturated carbocycles. The van der Waals surface area contributed by atoms with Gasteiger partial charge in [0, 0.05) is 6.07 Å².